The summed E-state index contributed by atoms with van der Waals surface area (Å²) in [5, 5.41) is 1.41. The minimum atomic E-state index is -0.809. The number of halogens is 3. The van der Waals surface area contributed by atoms with E-state index in [1.807, 2.05) is 6.92 Å². The number of nitrogens with two attached hydrogens (primary N) is 1. The monoisotopic (exact) mass is 307 g/mol. The first-order valence-electron chi connectivity index (χ1n) is 6.36. The molecule has 0 spiro atoms. The molecule has 2 aromatic carbocycles. The number of hydrogen-bond acceptors (Lipinski definition) is 2. The van der Waals surface area contributed by atoms with Gasteiger partial charge in [0.1, 0.15) is 23.0 Å². The fourth-order valence-corrected chi connectivity index (χ4v) is 2.58. The summed E-state index contributed by atoms with van der Waals surface area (Å²) >= 11 is 5.96. The average Bonchev–Trinajstić information content (AvgIpc) is 2.75. The Morgan fingerprint density at radius 1 is 1.14 bits per heavy atom. The maximum atomic E-state index is 13.9. The Balaban J connectivity index is 2.13. The summed E-state index contributed by atoms with van der Waals surface area (Å²) in [6, 6.07) is 7.72. The fraction of sp³-hybridized carbons (Fsp3) is 0.125. The van der Waals surface area contributed by atoms with Gasteiger partial charge in [-0.25, -0.2) is 8.78 Å². The van der Waals surface area contributed by atoms with Gasteiger partial charge in [0.05, 0.1) is 6.04 Å². The molecule has 1 unspecified atom stereocenters. The minimum absolute atomic E-state index is 0.185. The van der Waals surface area contributed by atoms with Gasteiger partial charge in [-0.15, -0.1) is 0 Å². The Labute approximate surface area is 125 Å². The first-order chi connectivity index (χ1) is 9.97. The molecule has 0 saturated carbocycles. The van der Waals surface area contributed by atoms with Gasteiger partial charge < -0.3 is 10.2 Å². The number of rotatable bonds is 2. The Morgan fingerprint density at radius 3 is 2.62 bits per heavy atom. The van der Waals surface area contributed by atoms with Crippen molar-refractivity contribution in [3.63, 3.8) is 0 Å². The molecule has 0 fully saturated rings. The highest BCUT2D eigenvalue weighted by Crippen LogP contribution is 2.33. The molecular weight excluding hydrogens is 296 g/mol. The number of hydrogen-bond donors (Lipinski definition) is 1. The lowest BCUT2D eigenvalue weighted by molar-refractivity contribution is 0.503. The van der Waals surface area contributed by atoms with E-state index < -0.39 is 17.7 Å². The van der Waals surface area contributed by atoms with Gasteiger partial charge in [0.2, 0.25) is 0 Å². The van der Waals surface area contributed by atoms with Crippen LogP contribution >= 0.6 is 11.6 Å². The van der Waals surface area contributed by atoms with Gasteiger partial charge in [0.25, 0.3) is 0 Å². The maximum Gasteiger partial charge on any atom is 0.134 e. The topological polar surface area (TPSA) is 39.2 Å². The third kappa shape index (κ3) is 2.41. The number of furan rings is 1. The predicted molar refractivity (Wildman–Crippen MR) is 78.3 cm³/mol. The second-order valence-electron chi connectivity index (χ2n) is 4.88. The van der Waals surface area contributed by atoms with E-state index in [1.54, 1.807) is 18.2 Å². The summed E-state index contributed by atoms with van der Waals surface area (Å²) < 4.78 is 32.6. The molecule has 1 aromatic heterocycles. The smallest absolute Gasteiger partial charge is 0.134 e. The van der Waals surface area contributed by atoms with Crippen LogP contribution in [0.5, 0.6) is 0 Å². The zero-order valence-electron chi connectivity index (χ0n) is 11.2. The largest absolute Gasteiger partial charge is 0.459 e. The molecule has 0 bridgehead atoms. The standard InChI is InChI=1S/C16H12ClF2NO/c1-8-12-6-9(17)2-5-14(12)21-16(8)15(20)11-4-3-10(18)7-13(11)19/h2-7,15H,20H2,1H3. The quantitative estimate of drug-likeness (QED) is 0.744. The van der Waals surface area contributed by atoms with Gasteiger partial charge in [-0.3, -0.25) is 0 Å². The van der Waals surface area contributed by atoms with Crippen molar-refractivity contribution in [1.82, 2.24) is 0 Å². The Hall–Kier alpha value is -1.91. The van der Waals surface area contributed by atoms with Crippen LogP contribution in [0.15, 0.2) is 40.8 Å². The molecule has 2 N–H and O–H groups in total. The van der Waals surface area contributed by atoms with Crippen molar-refractivity contribution in [2.75, 3.05) is 0 Å². The molecular formula is C16H12ClF2NO. The van der Waals surface area contributed by atoms with Crippen LogP contribution in [0.4, 0.5) is 8.78 Å². The van der Waals surface area contributed by atoms with Gasteiger partial charge in [0, 0.05) is 27.6 Å². The molecule has 1 heterocycles. The van der Waals surface area contributed by atoms with Crippen LogP contribution in [0.2, 0.25) is 5.02 Å². The molecule has 0 aliphatic carbocycles. The van der Waals surface area contributed by atoms with E-state index in [0.29, 0.717) is 16.4 Å². The number of benzene rings is 2. The maximum absolute atomic E-state index is 13.9. The molecule has 21 heavy (non-hydrogen) atoms. The molecule has 0 saturated heterocycles. The van der Waals surface area contributed by atoms with Gasteiger partial charge >= 0.3 is 0 Å². The molecule has 1 atom stereocenters. The highest BCUT2D eigenvalue weighted by atomic mass is 35.5. The van der Waals surface area contributed by atoms with Crippen LogP contribution in [0.3, 0.4) is 0 Å². The second kappa shape index (κ2) is 5.13. The molecule has 2 nitrogen and oxygen atoms in total. The number of fused-ring (bicyclic) bond motifs is 1. The van der Waals surface area contributed by atoms with Crippen molar-refractivity contribution >= 4 is 22.6 Å². The lowest BCUT2D eigenvalue weighted by Gasteiger charge is -2.11. The van der Waals surface area contributed by atoms with Crippen LogP contribution < -0.4 is 5.73 Å². The van der Waals surface area contributed by atoms with Gasteiger partial charge in [0.15, 0.2) is 0 Å². The zero-order chi connectivity index (χ0) is 15.1. The third-order valence-electron chi connectivity index (χ3n) is 3.52. The average molecular weight is 308 g/mol. The molecule has 0 amide bonds. The van der Waals surface area contributed by atoms with E-state index in [2.05, 4.69) is 0 Å². The molecule has 3 aromatic rings. The minimum Gasteiger partial charge on any atom is -0.459 e. The summed E-state index contributed by atoms with van der Waals surface area (Å²) in [6.45, 7) is 1.83. The van der Waals surface area contributed by atoms with E-state index >= 15 is 0 Å². The van der Waals surface area contributed by atoms with E-state index in [4.69, 9.17) is 21.8 Å². The van der Waals surface area contributed by atoms with E-state index in [9.17, 15) is 8.78 Å². The lowest BCUT2D eigenvalue weighted by atomic mass is 10.0. The van der Waals surface area contributed by atoms with Crippen LogP contribution in [-0.4, -0.2) is 0 Å². The molecule has 108 valence electrons. The van der Waals surface area contributed by atoms with Crippen molar-refractivity contribution in [3.05, 3.63) is 69.9 Å². The second-order valence-corrected chi connectivity index (χ2v) is 5.31. The van der Waals surface area contributed by atoms with Crippen molar-refractivity contribution < 1.29 is 13.2 Å². The number of aryl methyl sites for hydroxylation is 1. The summed E-state index contributed by atoms with van der Waals surface area (Å²) in [5.74, 6) is -0.894. The molecule has 0 aliphatic heterocycles. The van der Waals surface area contributed by atoms with Crippen LogP contribution in [0.1, 0.15) is 22.9 Å². The van der Waals surface area contributed by atoms with Crippen molar-refractivity contribution in [2.24, 2.45) is 5.73 Å². The van der Waals surface area contributed by atoms with E-state index in [1.165, 1.54) is 12.1 Å². The highest BCUT2D eigenvalue weighted by Gasteiger charge is 2.21. The first-order valence-corrected chi connectivity index (χ1v) is 6.74. The highest BCUT2D eigenvalue weighted by molar-refractivity contribution is 6.31. The summed E-state index contributed by atoms with van der Waals surface area (Å²) in [5.41, 5.74) is 7.69. The van der Waals surface area contributed by atoms with Gasteiger partial charge in [-0.2, -0.15) is 0 Å². The SMILES string of the molecule is Cc1c(C(N)c2ccc(F)cc2F)oc2ccc(Cl)cc12. The third-order valence-corrected chi connectivity index (χ3v) is 3.75. The van der Waals surface area contributed by atoms with Crippen LogP contribution in [-0.2, 0) is 0 Å². The van der Waals surface area contributed by atoms with Crippen LogP contribution in [0, 0.1) is 18.6 Å². The van der Waals surface area contributed by atoms with Crippen molar-refractivity contribution in [2.45, 2.75) is 13.0 Å². The predicted octanol–water partition coefficient (Wildman–Crippen LogP) is 4.72. The zero-order valence-corrected chi connectivity index (χ0v) is 11.9. The summed E-state index contributed by atoms with van der Waals surface area (Å²) in [6.07, 6.45) is 0. The lowest BCUT2D eigenvalue weighted by Crippen LogP contribution is -2.14. The molecule has 3 rings (SSSR count). The molecule has 5 heteroatoms. The first kappa shape index (κ1) is 14.0. The Morgan fingerprint density at radius 2 is 1.90 bits per heavy atom. The summed E-state index contributed by atoms with van der Waals surface area (Å²) in [4.78, 5) is 0. The van der Waals surface area contributed by atoms with Crippen molar-refractivity contribution in [1.29, 1.82) is 0 Å². The van der Waals surface area contributed by atoms with E-state index in [0.717, 1.165) is 17.0 Å². The Kier molecular flexibility index (Phi) is 3.43. The van der Waals surface area contributed by atoms with Gasteiger partial charge in [-0.05, 0) is 31.2 Å². The van der Waals surface area contributed by atoms with Crippen molar-refractivity contribution in [3.8, 4) is 0 Å². The van der Waals surface area contributed by atoms with Gasteiger partial charge in [-0.1, -0.05) is 17.7 Å². The molecule has 0 aliphatic rings. The summed E-state index contributed by atoms with van der Waals surface area (Å²) in [7, 11) is 0. The van der Waals surface area contributed by atoms with E-state index in [-0.39, 0.29) is 5.56 Å². The fourth-order valence-electron chi connectivity index (χ4n) is 2.40. The normalized spacial score (nSPS) is 12.8. The Bertz CT molecular complexity index is 829. The van der Waals surface area contributed by atoms with Crippen LogP contribution in [0.25, 0.3) is 11.0 Å². The molecule has 0 radical (unpaired) electrons.